The molecule has 28 heavy (non-hydrogen) atoms. The molecular weight excluding hydrogens is 372 g/mol. The summed E-state index contributed by atoms with van der Waals surface area (Å²) in [5.41, 5.74) is 2.41. The van der Waals surface area contributed by atoms with E-state index in [4.69, 9.17) is 0 Å². The van der Waals surface area contributed by atoms with Crippen molar-refractivity contribution in [3.05, 3.63) is 76.7 Å². The van der Waals surface area contributed by atoms with Crippen LogP contribution in [-0.2, 0) is 0 Å². The van der Waals surface area contributed by atoms with Crippen molar-refractivity contribution >= 4 is 34.5 Å². The predicted molar refractivity (Wildman–Crippen MR) is 111 cm³/mol. The van der Waals surface area contributed by atoms with Gasteiger partial charge in [0.2, 0.25) is 0 Å². The fourth-order valence-electron chi connectivity index (χ4n) is 3.19. The van der Waals surface area contributed by atoms with Crippen LogP contribution < -0.4 is 10.2 Å². The molecule has 1 fully saturated rings. The first kappa shape index (κ1) is 18.2. The largest absolute Gasteiger partial charge is 0.368 e. The Kier molecular flexibility index (Phi) is 5.34. The lowest BCUT2D eigenvalue weighted by atomic mass is 10.2. The fraction of sp³-hybridized carbons (Fsp3) is 0.190. The monoisotopic (exact) mass is 392 g/mol. The molecule has 1 aliphatic rings. The van der Waals surface area contributed by atoms with Gasteiger partial charge in [0.25, 0.3) is 11.8 Å². The Balaban J connectivity index is 1.33. The van der Waals surface area contributed by atoms with Crippen molar-refractivity contribution in [1.82, 2.24) is 9.88 Å². The van der Waals surface area contributed by atoms with E-state index < -0.39 is 0 Å². The Bertz CT molecular complexity index is 934. The number of nitrogens with one attached hydrogen (secondary N) is 1. The molecule has 1 aromatic carbocycles. The van der Waals surface area contributed by atoms with Gasteiger partial charge in [0.1, 0.15) is 0 Å². The molecule has 1 saturated heterocycles. The number of carbonyl (C=O) groups is 2. The van der Waals surface area contributed by atoms with E-state index >= 15 is 0 Å². The second-order valence-electron chi connectivity index (χ2n) is 6.49. The van der Waals surface area contributed by atoms with Crippen molar-refractivity contribution < 1.29 is 9.59 Å². The molecule has 2 amide bonds. The molecule has 3 aromatic rings. The van der Waals surface area contributed by atoms with Gasteiger partial charge in [-0.25, -0.2) is 0 Å². The lowest BCUT2D eigenvalue weighted by Gasteiger charge is -2.36. The molecule has 0 radical (unpaired) electrons. The van der Waals surface area contributed by atoms with Gasteiger partial charge in [-0.05, 0) is 47.8 Å². The minimum absolute atomic E-state index is 0.115. The smallest absolute Gasteiger partial charge is 0.264 e. The molecular formula is C21H20N4O2S. The fourth-order valence-corrected chi connectivity index (χ4v) is 3.88. The first-order valence-corrected chi connectivity index (χ1v) is 9.98. The summed E-state index contributed by atoms with van der Waals surface area (Å²) in [6.45, 7) is 2.99. The Labute approximate surface area is 167 Å². The van der Waals surface area contributed by atoms with Crippen molar-refractivity contribution in [3.8, 4) is 0 Å². The quantitative estimate of drug-likeness (QED) is 0.739. The van der Waals surface area contributed by atoms with Crippen LogP contribution in [0.5, 0.6) is 0 Å². The van der Waals surface area contributed by atoms with E-state index in [1.807, 2.05) is 46.7 Å². The Morgan fingerprint density at radius 2 is 1.64 bits per heavy atom. The summed E-state index contributed by atoms with van der Waals surface area (Å²) in [6.07, 6.45) is 3.20. The van der Waals surface area contributed by atoms with E-state index in [2.05, 4.69) is 15.2 Å². The maximum atomic E-state index is 12.4. The van der Waals surface area contributed by atoms with Gasteiger partial charge in [0.05, 0.1) is 4.88 Å². The van der Waals surface area contributed by atoms with Gasteiger partial charge in [0.15, 0.2) is 0 Å². The highest BCUT2D eigenvalue weighted by Crippen LogP contribution is 2.21. The van der Waals surface area contributed by atoms with Gasteiger partial charge in [-0.1, -0.05) is 6.07 Å². The van der Waals surface area contributed by atoms with Crippen LogP contribution in [0.4, 0.5) is 11.4 Å². The van der Waals surface area contributed by atoms with Gasteiger partial charge < -0.3 is 15.1 Å². The van der Waals surface area contributed by atoms with Crippen LogP contribution in [-0.4, -0.2) is 47.9 Å². The molecule has 0 atom stereocenters. The lowest BCUT2D eigenvalue weighted by Crippen LogP contribution is -2.48. The summed E-state index contributed by atoms with van der Waals surface area (Å²) in [7, 11) is 0. The molecule has 0 saturated carbocycles. The predicted octanol–water partition coefficient (Wildman–Crippen LogP) is 3.36. The number of amides is 2. The molecule has 4 rings (SSSR count). The highest BCUT2D eigenvalue weighted by Gasteiger charge is 2.22. The molecule has 0 aliphatic carbocycles. The highest BCUT2D eigenvalue weighted by atomic mass is 32.1. The lowest BCUT2D eigenvalue weighted by molar-refractivity contribution is 0.0751. The molecule has 7 heteroatoms. The zero-order valence-corrected chi connectivity index (χ0v) is 16.1. The number of piperazine rings is 1. The number of hydrogen-bond donors (Lipinski definition) is 1. The average Bonchev–Trinajstić information content (AvgIpc) is 3.29. The zero-order chi connectivity index (χ0) is 19.3. The van der Waals surface area contributed by atoms with Crippen molar-refractivity contribution in [2.45, 2.75) is 0 Å². The summed E-state index contributed by atoms with van der Waals surface area (Å²) in [6, 6.07) is 14.9. The minimum atomic E-state index is -0.157. The zero-order valence-electron chi connectivity index (χ0n) is 15.2. The summed E-state index contributed by atoms with van der Waals surface area (Å²) in [5, 5.41) is 4.82. The van der Waals surface area contributed by atoms with E-state index in [-0.39, 0.29) is 11.8 Å². The normalized spacial score (nSPS) is 14.0. The number of thiophene rings is 1. The molecule has 1 aliphatic heterocycles. The van der Waals surface area contributed by atoms with Crippen LogP contribution in [0.15, 0.2) is 66.3 Å². The topological polar surface area (TPSA) is 65.5 Å². The third-order valence-electron chi connectivity index (χ3n) is 4.73. The van der Waals surface area contributed by atoms with Crippen LogP contribution >= 0.6 is 11.3 Å². The second kappa shape index (κ2) is 8.22. The van der Waals surface area contributed by atoms with Gasteiger partial charge in [-0.3, -0.25) is 14.6 Å². The van der Waals surface area contributed by atoms with Crippen LogP contribution in [0.3, 0.4) is 0 Å². The van der Waals surface area contributed by atoms with Crippen LogP contribution in [0.2, 0.25) is 0 Å². The first-order valence-electron chi connectivity index (χ1n) is 9.10. The van der Waals surface area contributed by atoms with E-state index in [1.165, 1.54) is 11.3 Å². The molecule has 0 unspecified atom stereocenters. The number of benzene rings is 1. The number of anilines is 2. The van der Waals surface area contributed by atoms with E-state index in [0.29, 0.717) is 18.7 Å². The van der Waals surface area contributed by atoms with Crippen LogP contribution in [0.25, 0.3) is 0 Å². The highest BCUT2D eigenvalue weighted by molar-refractivity contribution is 7.12. The molecule has 3 heterocycles. The summed E-state index contributed by atoms with van der Waals surface area (Å²) in [5.74, 6) is -0.0420. The van der Waals surface area contributed by atoms with Crippen LogP contribution in [0, 0.1) is 0 Å². The molecule has 6 nitrogen and oxygen atoms in total. The number of hydrogen-bond acceptors (Lipinski definition) is 5. The van der Waals surface area contributed by atoms with Crippen molar-refractivity contribution in [3.63, 3.8) is 0 Å². The second-order valence-corrected chi connectivity index (χ2v) is 7.44. The maximum Gasteiger partial charge on any atom is 0.264 e. The average molecular weight is 392 g/mol. The maximum absolute atomic E-state index is 12.4. The van der Waals surface area contributed by atoms with E-state index in [1.54, 1.807) is 24.5 Å². The van der Waals surface area contributed by atoms with Crippen LogP contribution in [0.1, 0.15) is 20.0 Å². The molecule has 0 spiro atoms. The Hall–Kier alpha value is -3.19. The molecule has 0 bridgehead atoms. The van der Waals surface area contributed by atoms with Gasteiger partial charge in [0, 0.05) is 55.5 Å². The molecule has 142 valence electrons. The molecule has 2 aromatic heterocycles. The van der Waals surface area contributed by atoms with E-state index in [0.717, 1.165) is 29.3 Å². The Morgan fingerprint density at radius 3 is 2.29 bits per heavy atom. The van der Waals surface area contributed by atoms with Gasteiger partial charge >= 0.3 is 0 Å². The number of pyridine rings is 1. The number of rotatable bonds is 4. The third kappa shape index (κ3) is 4.04. The molecule has 1 N–H and O–H groups in total. The minimum Gasteiger partial charge on any atom is -0.368 e. The summed E-state index contributed by atoms with van der Waals surface area (Å²) >= 11 is 1.48. The Morgan fingerprint density at radius 1 is 0.929 bits per heavy atom. The number of nitrogens with zero attached hydrogens (tertiary/aromatic N) is 3. The van der Waals surface area contributed by atoms with Crippen molar-refractivity contribution in [1.29, 1.82) is 0 Å². The van der Waals surface area contributed by atoms with Gasteiger partial charge in [-0.15, -0.1) is 11.3 Å². The third-order valence-corrected chi connectivity index (χ3v) is 5.59. The summed E-state index contributed by atoms with van der Waals surface area (Å²) < 4.78 is 0. The summed E-state index contributed by atoms with van der Waals surface area (Å²) in [4.78, 5) is 33.5. The van der Waals surface area contributed by atoms with Crippen molar-refractivity contribution in [2.24, 2.45) is 0 Å². The number of carbonyl (C=O) groups excluding carboxylic acids is 2. The van der Waals surface area contributed by atoms with E-state index in [9.17, 15) is 9.59 Å². The first-order chi connectivity index (χ1) is 13.7. The van der Waals surface area contributed by atoms with Crippen molar-refractivity contribution in [2.75, 3.05) is 36.4 Å². The number of aromatic nitrogens is 1. The SMILES string of the molecule is O=C(Nc1ccc(N2CCN(C(=O)c3cccs3)CC2)cc1)c1ccncc1. The van der Waals surface area contributed by atoms with Gasteiger partial charge in [-0.2, -0.15) is 0 Å². The standard InChI is InChI=1S/C21H20N4O2S/c26-20(16-7-9-22-10-8-16)23-17-3-5-18(6-4-17)24-11-13-25(14-12-24)21(27)19-2-1-15-28-19/h1-10,15H,11-14H2,(H,23,26).